The molecule has 0 aliphatic heterocycles. The van der Waals surface area contributed by atoms with Gasteiger partial charge in [0, 0.05) is 0 Å². The van der Waals surface area contributed by atoms with Crippen LogP contribution in [0.3, 0.4) is 0 Å². The van der Waals surface area contributed by atoms with E-state index in [4.69, 9.17) is 27.9 Å². The molecule has 7 heteroatoms. The lowest BCUT2D eigenvalue weighted by Gasteiger charge is -2.13. The Hall–Kier alpha value is -1.59. The van der Waals surface area contributed by atoms with Crippen molar-refractivity contribution in [3.63, 3.8) is 0 Å². The lowest BCUT2D eigenvalue weighted by molar-refractivity contribution is -0.157. The van der Waals surface area contributed by atoms with Crippen LogP contribution in [0.2, 0.25) is 10.0 Å². The fourth-order valence-corrected chi connectivity index (χ4v) is 1.61. The highest BCUT2D eigenvalue weighted by molar-refractivity contribution is 6.42. The van der Waals surface area contributed by atoms with Gasteiger partial charge in [0.25, 0.3) is 6.10 Å². The Morgan fingerprint density at radius 3 is 2.35 bits per heavy atom. The van der Waals surface area contributed by atoms with E-state index in [0.717, 1.165) is 6.92 Å². The molecule has 5 nitrogen and oxygen atoms in total. The molecule has 0 heterocycles. The lowest BCUT2D eigenvalue weighted by Crippen LogP contribution is -2.35. The first-order valence-electron chi connectivity index (χ1n) is 5.70. The van der Waals surface area contributed by atoms with Crippen LogP contribution in [0.15, 0.2) is 18.2 Å². The van der Waals surface area contributed by atoms with Gasteiger partial charge >= 0.3 is 11.9 Å². The van der Waals surface area contributed by atoms with Gasteiger partial charge in [-0.05, 0) is 32.0 Å². The summed E-state index contributed by atoms with van der Waals surface area (Å²) in [7, 11) is 0. The van der Waals surface area contributed by atoms with E-state index >= 15 is 0 Å². The molecule has 0 bridgehead atoms. The number of rotatable bonds is 5. The van der Waals surface area contributed by atoms with Crippen LogP contribution < -0.4 is 0 Å². The quantitative estimate of drug-likeness (QED) is 0.616. The molecule has 0 saturated heterocycles. The first-order chi connectivity index (χ1) is 9.36. The Balaban J connectivity index is 2.88. The summed E-state index contributed by atoms with van der Waals surface area (Å²) in [6.45, 7) is 2.78. The van der Waals surface area contributed by atoms with Gasteiger partial charge in [0.15, 0.2) is 5.78 Å². The third kappa shape index (κ3) is 4.21. The minimum absolute atomic E-state index is 0.0763. The van der Waals surface area contributed by atoms with E-state index in [2.05, 4.69) is 4.74 Å². The minimum atomic E-state index is -1.59. The Morgan fingerprint density at radius 1 is 1.20 bits per heavy atom. The summed E-state index contributed by atoms with van der Waals surface area (Å²) in [6.07, 6.45) is -1.59. The molecule has 1 unspecified atom stereocenters. The SMILES string of the molecule is CCOC(=O)C(OC(=O)c1ccc(Cl)c(Cl)c1)C(C)=O. The van der Waals surface area contributed by atoms with E-state index in [9.17, 15) is 14.4 Å². The number of carbonyl (C=O) groups excluding carboxylic acids is 3. The van der Waals surface area contributed by atoms with Gasteiger partial charge in [0.2, 0.25) is 0 Å². The Kier molecular flexibility index (Phi) is 5.98. The van der Waals surface area contributed by atoms with Crippen molar-refractivity contribution in [3.8, 4) is 0 Å². The second-order valence-electron chi connectivity index (χ2n) is 3.78. The lowest BCUT2D eigenvalue weighted by atomic mass is 10.2. The molecule has 0 amide bonds. The third-order valence-electron chi connectivity index (χ3n) is 2.25. The predicted molar refractivity (Wildman–Crippen MR) is 73.0 cm³/mol. The van der Waals surface area contributed by atoms with Crippen molar-refractivity contribution in [1.82, 2.24) is 0 Å². The zero-order valence-electron chi connectivity index (χ0n) is 10.8. The molecule has 1 aromatic carbocycles. The smallest absolute Gasteiger partial charge is 0.355 e. The summed E-state index contributed by atoms with van der Waals surface area (Å²) < 4.78 is 9.50. The zero-order chi connectivity index (χ0) is 15.3. The second kappa shape index (κ2) is 7.26. The molecule has 0 aromatic heterocycles. The summed E-state index contributed by atoms with van der Waals surface area (Å²) in [5.74, 6) is -2.40. The van der Waals surface area contributed by atoms with Crippen LogP contribution in [0, 0.1) is 0 Å². The largest absolute Gasteiger partial charge is 0.463 e. The van der Waals surface area contributed by atoms with Crippen molar-refractivity contribution in [3.05, 3.63) is 33.8 Å². The molecule has 0 N–H and O–H groups in total. The molecular formula is C13H12Cl2O5. The van der Waals surface area contributed by atoms with Gasteiger partial charge in [-0.15, -0.1) is 0 Å². The van der Waals surface area contributed by atoms with E-state index in [-0.39, 0.29) is 22.2 Å². The van der Waals surface area contributed by atoms with Crippen molar-refractivity contribution < 1.29 is 23.9 Å². The van der Waals surface area contributed by atoms with Crippen molar-refractivity contribution in [2.24, 2.45) is 0 Å². The van der Waals surface area contributed by atoms with Gasteiger partial charge in [-0.3, -0.25) is 4.79 Å². The molecule has 0 spiro atoms. The summed E-state index contributed by atoms with van der Waals surface area (Å²) in [5.41, 5.74) is 0.0787. The number of ketones is 1. The number of halogens is 2. The molecule has 1 rings (SSSR count). The summed E-state index contributed by atoms with van der Waals surface area (Å²) >= 11 is 11.5. The zero-order valence-corrected chi connectivity index (χ0v) is 12.3. The summed E-state index contributed by atoms with van der Waals surface area (Å²) in [5, 5.41) is 0.438. The molecule has 108 valence electrons. The maximum atomic E-state index is 11.8. The average Bonchev–Trinajstić information content (AvgIpc) is 2.38. The van der Waals surface area contributed by atoms with Crippen LogP contribution in [-0.2, 0) is 19.1 Å². The third-order valence-corrected chi connectivity index (χ3v) is 2.99. The van der Waals surface area contributed by atoms with E-state index in [1.807, 2.05) is 0 Å². The highest BCUT2D eigenvalue weighted by Gasteiger charge is 2.29. The second-order valence-corrected chi connectivity index (χ2v) is 4.59. The number of benzene rings is 1. The summed E-state index contributed by atoms with van der Waals surface area (Å²) in [4.78, 5) is 34.7. The van der Waals surface area contributed by atoms with Crippen LogP contribution in [0.1, 0.15) is 24.2 Å². The molecular weight excluding hydrogens is 307 g/mol. The fraction of sp³-hybridized carbons (Fsp3) is 0.308. The Morgan fingerprint density at radius 2 is 1.85 bits per heavy atom. The maximum Gasteiger partial charge on any atom is 0.355 e. The van der Waals surface area contributed by atoms with Crippen molar-refractivity contribution >= 4 is 40.9 Å². The molecule has 0 fully saturated rings. The molecule has 0 saturated carbocycles. The molecule has 1 atom stereocenters. The van der Waals surface area contributed by atoms with Gasteiger partial charge < -0.3 is 9.47 Å². The van der Waals surface area contributed by atoms with Gasteiger partial charge in [-0.2, -0.15) is 0 Å². The molecule has 0 radical (unpaired) electrons. The average molecular weight is 319 g/mol. The van der Waals surface area contributed by atoms with Crippen LogP contribution in [0.5, 0.6) is 0 Å². The highest BCUT2D eigenvalue weighted by Crippen LogP contribution is 2.23. The van der Waals surface area contributed by atoms with E-state index in [0.29, 0.717) is 0 Å². The number of Topliss-reactive ketones (excluding diaryl/α,β-unsaturated/α-hetero) is 1. The van der Waals surface area contributed by atoms with Crippen LogP contribution >= 0.6 is 23.2 Å². The molecule has 1 aromatic rings. The standard InChI is InChI=1S/C13H12Cl2O5/c1-3-19-13(18)11(7(2)16)20-12(17)8-4-5-9(14)10(15)6-8/h4-6,11H,3H2,1-2H3. The van der Waals surface area contributed by atoms with Crippen molar-refractivity contribution in [1.29, 1.82) is 0 Å². The molecule has 20 heavy (non-hydrogen) atoms. The van der Waals surface area contributed by atoms with E-state index in [1.165, 1.54) is 18.2 Å². The number of esters is 2. The normalized spacial score (nSPS) is 11.6. The Labute approximate surface area is 125 Å². The van der Waals surface area contributed by atoms with Crippen molar-refractivity contribution in [2.45, 2.75) is 20.0 Å². The number of hydrogen-bond donors (Lipinski definition) is 0. The highest BCUT2D eigenvalue weighted by atomic mass is 35.5. The van der Waals surface area contributed by atoms with Crippen LogP contribution in [-0.4, -0.2) is 30.4 Å². The number of hydrogen-bond acceptors (Lipinski definition) is 5. The van der Waals surface area contributed by atoms with E-state index < -0.39 is 23.8 Å². The van der Waals surface area contributed by atoms with Gasteiger partial charge in [-0.25, -0.2) is 9.59 Å². The molecule has 0 aliphatic rings. The fourth-order valence-electron chi connectivity index (χ4n) is 1.31. The van der Waals surface area contributed by atoms with Crippen LogP contribution in [0.4, 0.5) is 0 Å². The number of carbonyl (C=O) groups is 3. The van der Waals surface area contributed by atoms with Crippen LogP contribution in [0.25, 0.3) is 0 Å². The van der Waals surface area contributed by atoms with Gasteiger partial charge in [0.05, 0.1) is 22.2 Å². The first-order valence-corrected chi connectivity index (χ1v) is 6.45. The minimum Gasteiger partial charge on any atom is -0.463 e. The topological polar surface area (TPSA) is 69.7 Å². The van der Waals surface area contributed by atoms with Gasteiger partial charge in [0.1, 0.15) is 0 Å². The monoisotopic (exact) mass is 318 g/mol. The van der Waals surface area contributed by atoms with Crippen molar-refractivity contribution in [2.75, 3.05) is 6.61 Å². The summed E-state index contributed by atoms with van der Waals surface area (Å²) in [6, 6.07) is 4.07. The van der Waals surface area contributed by atoms with Gasteiger partial charge in [-0.1, -0.05) is 23.2 Å². The predicted octanol–water partition coefficient (Wildman–Crippen LogP) is 2.67. The number of ether oxygens (including phenoxy) is 2. The molecule has 0 aliphatic carbocycles. The Bertz CT molecular complexity index is 542. The van der Waals surface area contributed by atoms with E-state index in [1.54, 1.807) is 6.92 Å². The first kappa shape index (κ1) is 16.5. The maximum absolute atomic E-state index is 11.8.